The molecular weight excluding hydrogens is 174 g/mol. The van der Waals surface area contributed by atoms with E-state index >= 15 is 0 Å². The molecule has 1 unspecified atom stereocenters. The molecule has 5 heteroatoms. The topological polar surface area (TPSA) is 61.6 Å². The SMILES string of the molecule is [CH2]c1ccc2c(c1)OC([N+](=O)[O-])O2. The van der Waals surface area contributed by atoms with Crippen LogP contribution in [0.5, 0.6) is 11.5 Å². The van der Waals surface area contributed by atoms with Gasteiger partial charge < -0.3 is 9.47 Å². The van der Waals surface area contributed by atoms with Crippen molar-refractivity contribution in [3.05, 3.63) is 40.8 Å². The number of hydrogen-bond acceptors (Lipinski definition) is 4. The fraction of sp³-hybridized carbons (Fsp3) is 0.125. The van der Waals surface area contributed by atoms with Crippen molar-refractivity contribution in [3.8, 4) is 11.5 Å². The van der Waals surface area contributed by atoms with E-state index in [4.69, 9.17) is 9.47 Å². The molecule has 0 saturated heterocycles. The predicted octanol–water partition coefficient (Wildman–Crippen LogP) is 1.20. The highest BCUT2D eigenvalue weighted by molar-refractivity contribution is 5.45. The summed E-state index contributed by atoms with van der Waals surface area (Å²) in [6.45, 7) is 3.66. The van der Waals surface area contributed by atoms with E-state index in [0.717, 1.165) is 5.56 Å². The maximum Gasteiger partial charge on any atom is 0.517 e. The first-order chi connectivity index (χ1) is 6.16. The molecule has 13 heavy (non-hydrogen) atoms. The Bertz CT molecular complexity index is 363. The number of benzene rings is 1. The Labute approximate surface area is 74.0 Å². The van der Waals surface area contributed by atoms with Gasteiger partial charge in [-0.05, 0) is 24.6 Å². The predicted molar refractivity (Wildman–Crippen MR) is 42.9 cm³/mol. The molecule has 0 aromatic heterocycles. The van der Waals surface area contributed by atoms with Crippen LogP contribution in [-0.2, 0) is 0 Å². The first-order valence-corrected chi connectivity index (χ1v) is 3.59. The first-order valence-electron chi connectivity index (χ1n) is 3.59. The Kier molecular flexibility index (Phi) is 1.58. The van der Waals surface area contributed by atoms with Gasteiger partial charge in [0.2, 0.25) is 0 Å². The van der Waals surface area contributed by atoms with Gasteiger partial charge in [-0.2, -0.15) is 0 Å². The van der Waals surface area contributed by atoms with Crippen molar-refractivity contribution in [2.24, 2.45) is 0 Å². The van der Waals surface area contributed by atoms with Crippen LogP contribution in [0.1, 0.15) is 5.56 Å². The zero-order valence-corrected chi connectivity index (χ0v) is 6.60. The monoisotopic (exact) mass is 180 g/mol. The lowest BCUT2D eigenvalue weighted by Crippen LogP contribution is -2.27. The largest absolute Gasteiger partial charge is 0.517 e. The maximum absolute atomic E-state index is 10.3. The van der Waals surface area contributed by atoms with E-state index < -0.39 is 11.3 Å². The number of nitrogens with zero attached hydrogens (tertiary/aromatic N) is 1. The molecule has 0 amide bonds. The molecule has 0 aliphatic carbocycles. The van der Waals surface area contributed by atoms with Crippen LogP contribution < -0.4 is 9.47 Å². The van der Waals surface area contributed by atoms with Crippen molar-refractivity contribution in [2.45, 2.75) is 6.41 Å². The van der Waals surface area contributed by atoms with Gasteiger partial charge >= 0.3 is 6.41 Å². The van der Waals surface area contributed by atoms with Crippen molar-refractivity contribution >= 4 is 0 Å². The Morgan fingerprint density at radius 2 is 2.08 bits per heavy atom. The molecule has 1 atom stereocenters. The van der Waals surface area contributed by atoms with Gasteiger partial charge in [0.05, 0.1) is 0 Å². The third-order valence-corrected chi connectivity index (χ3v) is 1.64. The molecule has 0 fully saturated rings. The highest BCUT2D eigenvalue weighted by atomic mass is 16.8. The second-order valence-electron chi connectivity index (χ2n) is 2.61. The third kappa shape index (κ3) is 1.28. The van der Waals surface area contributed by atoms with Crippen molar-refractivity contribution in [1.82, 2.24) is 0 Å². The Hall–Kier alpha value is -1.78. The molecule has 0 spiro atoms. The minimum Gasteiger partial charge on any atom is -0.394 e. The highest BCUT2D eigenvalue weighted by Gasteiger charge is 2.33. The molecule has 1 aliphatic heterocycles. The van der Waals surface area contributed by atoms with Crippen LogP contribution in [0.15, 0.2) is 18.2 Å². The molecule has 67 valence electrons. The molecule has 5 nitrogen and oxygen atoms in total. The summed E-state index contributed by atoms with van der Waals surface area (Å²) >= 11 is 0. The van der Waals surface area contributed by atoms with Gasteiger partial charge in [0, 0.05) is 0 Å². The number of nitro groups is 1. The van der Waals surface area contributed by atoms with Crippen molar-refractivity contribution in [1.29, 1.82) is 0 Å². The normalized spacial score (nSPS) is 18.7. The minimum atomic E-state index is -1.42. The molecule has 1 radical (unpaired) electrons. The summed E-state index contributed by atoms with van der Waals surface area (Å²) in [6, 6.07) is 4.89. The third-order valence-electron chi connectivity index (χ3n) is 1.64. The van der Waals surface area contributed by atoms with Gasteiger partial charge in [-0.15, -0.1) is 0 Å². The van der Waals surface area contributed by atoms with Gasteiger partial charge in [-0.25, -0.2) is 0 Å². The average Bonchev–Trinajstić information content (AvgIpc) is 2.46. The van der Waals surface area contributed by atoms with E-state index in [1.807, 2.05) is 0 Å². The number of fused-ring (bicyclic) bond motifs is 1. The standard InChI is InChI=1S/C8H6NO4/c1-5-2-3-6-7(4-5)13-8(12-6)9(10)11/h2-4,8H,1H2. The minimum absolute atomic E-state index is 0.370. The van der Waals surface area contributed by atoms with Gasteiger partial charge in [-0.1, -0.05) is 6.07 Å². The lowest BCUT2D eigenvalue weighted by molar-refractivity contribution is -0.600. The number of hydrogen-bond donors (Lipinski definition) is 0. The van der Waals surface area contributed by atoms with Crippen molar-refractivity contribution in [2.75, 3.05) is 0 Å². The van der Waals surface area contributed by atoms with E-state index in [9.17, 15) is 10.1 Å². The smallest absolute Gasteiger partial charge is 0.394 e. The number of ether oxygens (including phenoxy) is 2. The second kappa shape index (κ2) is 2.62. The summed E-state index contributed by atoms with van der Waals surface area (Å²) < 4.78 is 9.76. The van der Waals surface area contributed by atoms with E-state index in [0.29, 0.717) is 11.5 Å². The van der Waals surface area contributed by atoms with E-state index in [-0.39, 0.29) is 0 Å². The van der Waals surface area contributed by atoms with E-state index in [2.05, 4.69) is 6.92 Å². The zero-order chi connectivity index (χ0) is 9.42. The van der Waals surface area contributed by atoms with Gasteiger partial charge in [0.1, 0.15) is 4.92 Å². The average molecular weight is 180 g/mol. The van der Waals surface area contributed by atoms with Crippen LogP contribution >= 0.6 is 0 Å². The van der Waals surface area contributed by atoms with E-state index in [1.54, 1.807) is 18.2 Å². The van der Waals surface area contributed by atoms with Gasteiger partial charge in [0.15, 0.2) is 11.5 Å². The summed E-state index contributed by atoms with van der Waals surface area (Å²) in [6.07, 6.45) is -1.42. The molecule has 0 bridgehead atoms. The molecule has 1 aliphatic rings. The molecule has 1 heterocycles. The van der Waals surface area contributed by atoms with Crippen LogP contribution in [0.3, 0.4) is 0 Å². The Morgan fingerprint density at radius 3 is 2.77 bits per heavy atom. The molecular formula is C8H6NO4. The maximum atomic E-state index is 10.3. The molecule has 1 aromatic rings. The summed E-state index contributed by atoms with van der Waals surface area (Å²) in [7, 11) is 0. The lowest BCUT2D eigenvalue weighted by Gasteiger charge is -1.98. The van der Waals surface area contributed by atoms with Crippen LogP contribution in [0.25, 0.3) is 0 Å². The summed E-state index contributed by atoms with van der Waals surface area (Å²) in [5.41, 5.74) is 0.728. The van der Waals surface area contributed by atoms with Crippen molar-refractivity contribution in [3.63, 3.8) is 0 Å². The summed E-state index contributed by atoms with van der Waals surface area (Å²) in [5, 5.41) is 10.3. The van der Waals surface area contributed by atoms with E-state index in [1.165, 1.54) is 0 Å². The second-order valence-corrected chi connectivity index (χ2v) is 2.61. The summed E-state index contributed by atoms with van der Waals surface area (Å²) in [4.78, 5) is 9.66. The lowest BCUT2D eigenvalue weighted by atomic mass is 10.2. The van der Waals surface area contributed by atoms with Crippen LogP contribution in [0, 0.1) is 17.0 Å². The van der Waals surface area contributed by atoms with Gasteiger partial charge in [0.25, 0.3) is 0 Å². The Morgan fingerprint density at radius 1 is 1.38 bits per heavy atom. The van der Waals surface area contributed by atoms with Gasteiger partial charge in [-0.3, -0.25) is 10.1 Å². The molecule has 0 N–H and O–H groups in total. The van der Waals surface area contributed by atoms with Crippen LogP contribution in [-0.4, -0.2) is 11.3 Å². The number of rotatable bonds is 1. The van der Waals surface area contributed by atoms with Crippen LogP contribution in [0.4, 0.5) is 0 Å². The molecule has 0 saturated carbocycles. The molecule has 1 aromatic carbocycles. The molecule has 2 rings (SSSR count). The fourth-order valence-corrected chi connectivity index (χ4v) is 1.07. The summed E-state index contributed by atoms with van der Waals surface area (Å²) in [5.74, 6) is 0.753. The van der Waals surface area contributed by atoms with Crippen molar-refractivity contribution < 1.29 is 14.4 Å². The Balaban J connectivity index is 2.30. The van der Waals surface area contributed by atoms with Crippen LogP contribution in [0.2, 0.25) is 0 Å². The fourth-order valence-electron chi connectivity index (χ4n) is 1.07. The highest BCUT2D eigenvalue weighted by Crippen LogP contribution is 2.35. The first kappa shape index (κ1) is 7.85. The quantitative estimate of drug-likeness (QED) is 0.481. The zero-order valence-electron chi connectivity index (χ0n) is 6.60.